The molecule has 1 aliphatic carbocycles. The van der Waals surface area contributed by atoms with Crippen molar-refractivity contribution in [1.29, 1.82) is 0 Å². The molecule has 2 aromatic rings. The molecular formula is C18H19ClO. The van der Waals surface area contributed by atoms with Crippen LogP contribution in [0.1, 0.15) is 36.3 Å². The number of hydrogen-bond donors (Lipinski definition) is 0. The van der Waals surface area contributed by atoms with E-state index in [1.165, 1.54) is 24.0 Å². The monoisotopic (exact) mass is 286 g/mol. The second-order valence-corrected chi connectivity index (χ2v) is 5.82. The van der Waals surface area contributed by atoms with Crippen LogP contribution in [0.3, 0.4) is 0 Å². The van der Waals surface area contributed by atoms with Gasteiger partial charge in [-0.15, -0.1) is 11.6 Å². The zero-order valence-corrected chi connectivity index (χ0v) is 12.4. The van der Waals surface area contributed by atoms with Crippen LogP contribution in [0.15, 0.2) is 54.6 Å². The molecule has 3 rings (SSSR count). The van der Waals surface area contributed by atoms with Crippen molar-refractivity contribution in [2.24, 2.45) is 0 Å². The molecule has 2 heteroatoms. The van der Waals surface area contributed by atoms with Gasteiger partial charge in [0.1, 0.15) is 5.75 Å². The van der Waals surface area contributed by atoms with Gasteiger partial charge in [0, 0.05) is 5.41 Å². The lowest BCUT2D eigenvalue weighted by atomic mass is 9.88. The average molecular weight is 287 g/mol. The van der Waals surface area contributed by atoms with E-state index in [0.717, 1.165) is 5.75 Å². The fourth-order valence-electron chi connectivity index (χ4n) is 2.81. The van der Waals surface area contributed by atoms with Crippen molar-refractivity contribution >= 4 is 11.6 Å². The van der Waals surface area contributed by atoms with Crippen molar-refractivity contribution in [2.75, 3.05) is 6.61 Å². The zero-order valence-electron chi connectivity index (χ0n) is 11.7. The summed E-state index contributed by atoms with van der Waals surface area (Å²) in [5.41, 5.74) is 2.65. The van der Waals surface area contributed by atoms with Gasteiger partial charge < -0.3 is 4.74 Å². The van der Waals surface area contributed by atoms with Crippen molar-refractivity contribution in [3.63, 3.8) is 0 Å². The molecule has 1 fully saturated rings. The van der Waals surface area contributed by atoms with Crippen LogP contribution in [0.2, 0.25) is 0 Å². The van der Waals surface area contributed by atoms with Crippen molar-refractivity contribution < 1.29 is 4.74 Å². The standard InChI is InChI=1S/C18H19ClO/c1-2-20-16-10-8-14(9-11-16)17(19)18(12-13-18)15-6-4-3-5-7-15/h3-11,17H,2,12-13H2,1H3. The van der Waals surface area contributed by atoms with E-state index in [1.54, 1.807) is 0 Å². The molecule has 0 aromatic heterocycles. The zero-order chi connectivity index (χ0) is 14.0. The second kappa shape index (κ2) is 5.49. The topological polar surface area (TPSA) is 9.23 Å². The van der Waals surface area contributed by atoms with Gasteiger partial charge in [0.15, 0.2) is 0 Å². The fourth-order valence-corrected chi connectivity index (χ4v) is 3.30. The maximum absolute atomic E-state index is 6.78. The van der Waals surface area contributed by atoms with Crippen LogP contribution in [-0.2, 0) is 5.41 Å². The molecule has 2 aromatic carbocycles. The van der Waals surface area contributed by atoms with Crippen molar-refractivity contribution in [3.8, 4) is 5.75 Å². The number of rotatable bonds is 5. The van der Waals surface area contributed by atoms with Gasteiger partial charge in [-0.2, -0.15) is 0 Å². The summed E-state index contributed by atoms with van der Waals surface area (Å²) in [6, 6.07) is 18.8. The molecule has 1 nitrogen and oxygen atoms in total. The van der Waals surface area contributed by atoms with Gasteiger partial charge in [0.25, 0.3) is 0 Å². The van der Waals surface area contributed by atoms with Crippen LogP contribution >= 0.6 is 11.6 Å². The predicted molar refractivity (Wildman–Crippen MR) is 83.6 cm³/mol. The first kappa shape index (κ1) is 13.5. The van der Waals surface area contributed by atoms with E-state index in [4.69, 9.17) is 16.3 Å². The van der Waals surface area contributed by atoms with E-state index < -0.39 is 0 Å². The van der Waals surface area contributed by atoms with Crippen molar-refractivity contribution in [1.82, 2.24) is 0 Å². The van der Waals surface area contributed by atoms with Gasteiger partial charge in [0.05, 0.1) is 12.0 Å². The Kier molecular flexibility index (Phi) is 3.71. The van der Waals surface area contributed by atoms with E-state index >= 15 is 0 Å². The minimum Gasteiger partial charge on any atom is -0.494 e. The summed E-state index contributed by atoms with van der Waals surface area (Å²) < 4.78 is 5.48. The molecule has 0 bridgehead atoms. The molecule has 0 heterocycles. The third kappa shape index (κ3) is 2.43. The molecule has 0 N–H and O–H groups in total. The van der Waals surface area contributed by atoms with Gasteiger partial charge in [-0.05, 0) is 43.0 Å². The van der Waals surface area contributed by atoms with Gasteiger partial charge in [-0.3, -0.25) is 0 Å². The average Bonchev–Trinajstić information content (AvgIpc) is 3.30. The SMILES string of the molecule is CCOc1ccc(C(Cl)C2(c3ccccc3)CC2)cc1. The van der Waals surface area contributed by atoms with Crippen LogP contribution in [0.5, 0.6) is 5.75 Å². The molecule has 1 saturated carbocycles. The Labute approximate surface area is 125 Å². The van der Waals surface area contributed by atoms with Crippen LogP contribution in [0.4, 0.5) is 0 Å². The van der Waals surface area contributed by atoms with Crippen LogP contribution in [0.25, 0.3) is 0 Å². The first-order valence-electron chi connectivity index (χ1n) is 7.18. The quantitative estimate of drug-likeness (QED) is 0.695. The Morgan fingerprint density at radius 3 is 2.25 bits per heavy atom. The molecular weight excluding hydrogens is 268 g/mol. The molecule has 0 amide bonds. The number of halogens is 1. The third-order valence-corrected chi connectivity index (χ3v) is 4.78. The maximum atomic E-state index is 6.78. The Morgan fingerprint density at radius 2 is 1.70 bits per heavy atom. The molecule has 0 aliphatic heterocycles. The summed E-state index contributed by atoms with van der Waals surface area (Å²) in [4.78, 5) is 0. The number of benzene rings is 2. The molecule has 1 atom stereocenters. The Balaban J connectivity index is 1.83. The van der Waals surface area contributed by atoms with E-state index in [2.05, 4.69) is 42.5 Å². The Morgan fingerprint density at radius 1 is 1.05 bits per heavy atom. The second-order valence-electron chi connectivity index (χ2n) is 5.39. The highest BCUT2D eigenvalue weighted by molar-refractivity contribution is 6.22. The van der Waals surface area contributed by atoms with Crippen LogP contribution < -0.4 is 4.74 Å². The molecule has 104 valence electrons. The summed E-state index contributed by atoms with van der Waals surface area (Å²) in [6.45, 7) is 2.68. The highest BCUT2D eigenvalue weighted by Gasteiger charge is 2.50. The molecule has 20 heavy (non-hydrogen) atoms. The minimum atomic E-state index is 0.0283. The summed E-state index contributed by atoms with van der Waals surface area (Å²) in [5, 5.41) is 0.0283. The largest absolute Gasteiger partial charge is 0.494 e. The summed E-state index contributed by atoms with van der Waals surface area (Å²) in [6.07, 6.45) is 2.33. The van der Waals surface area contributed by atoms with Gasteiger partial charge >= 0.3 is 0 Å². The van der Waals surface area contributed by atoms with E-state index in [1.807, 2.05) is 19.1 Å². The van der Waals surface area contributed by atoms with E-state index in [9.17, 15) is 0 Å². The minimum absolute atomic E-state index is 0.0283. The molecule has 0 radical (unpaired) electrons. The lowest BCUT2D eigenvalue weighted by Crippen LogP contribution is -2.14. The van der Waals surface area contributed by atoms with Gasteiger partial charge in [-0.25, -0.2) is 0 Å². The summed E-state index contributed by atoms with van der Waals surface area (Å²) in [7, 11) is 0. The lowest BCUT2D eigenvalue weighted by molar-refractivity contribution is 0.340. The van der Waals surface area contributed by atoms with Crippen molar-refractivity contribution in [3.05, 3.63) is 65.7 Å². The van der Waals surface area contributed by atoms with Gasteiger partial charge in [0.2, 0.25) is 0 Å². The first-order chi connectivity index (χ1) is 9.76. The fraction of sp³-hybridized carbons (Fsp3) is 0.333. The summed E-state index contributed by atoms with van der Waals surface area (Å²) >= 11 is 6.78. The Hall–Kier alpha value is -1.47. The van der Waals surface area contributed by atoms with Crippen LogP contribution in [-0.4, -0.2) is 6.61 Å². The third-order valence-electron chi connectivity index (χ3n) is 4.11. The molecule has 0 saturated heterocycles. The Bertz CT molecular complexity index is 558. The number of alkyl halides is 1. The molecule has 0 spiro atoms. The number of ether oxygens (including phenoxy) is 1. The lowest BCUT2D eigenvalue weighted by Gasteiger charge is -2.22. The van der Waals surface area contributed by atoms with E-state index in [0.29, 0.717) is 6.61 Å². The normalized spacial score (nSPS) is 17.5. The first-order valence-corrected chi connectivity index (χ1v) is 7.62. The number of hydrogen-bond acceptors (Lipinski definition) is 1. The maximum Gasteiger partial charge on any atom is 0.119 e. The van der Waals surface area contributed by atoms with Gasteiger partial charge in [-0.1, -0.05) is 42.5 Å². The predicted octanol–water partition coefficient (Wildman–Crippen LogP) is 5.10. The molecule has 1 aliphatic rings. The highest BCUT2D eigenvalue weighted by atomic mass is 35.5. The smallest absolute Gasteiger partial charge is 0.119 e. The van der Waals surface area contributed by atoms with E-state index in [-0.39, 0.29) is 10.8 Å². The summed E-state index contributed by atoms with van der Waals surface area (Å²) in [5.74, 6) is 0.907. The highest BCUT2D eigenvalue weighted by Crippen LogP contribution is 2.59. The van der Waals surface area contributed by atoms with Crippen molar-refractivity contribution in [2.45, 2.75) is 30.6 Å². The van der Waals surface area contributed by atoms with Crippen LogP contribution in [0, 0.1) is 0 Å². The molecule has 1 unspecified atom stereocenters.